The third-order valence-electron chi connectivity index (χ3n) is 10.1. The molecule has 2 aromatic carbocycles. The Morgan fingerprint density at radius 3 is 2.30 bits per heavy atom. The van der Waals surface area contributed by atoms with Gasteiger partial charge in [0, 0.05) is 25.3 Å². The van der Waals surface area contributed by atoms with E-state index in [1.807, 2.05) is 92.7 Å². The third kappa shape index (κ3) is 5.14. The second-order valence-corrected chi connectivity index (χ2v) is 12.6. The highest BCUT2D eigenvalue weighted by atomic mass is 16.5. The van der Waals surface area contributed by atoms with Gasteiger partial charge in [0.1, 0.15) is 17.4 Å². The summed E-state index contributed by atoms with van der Waals surface area (Å²) in [6.45, 7) is 7.42. The summed E-state index contributed by atoms with van der Waals surface area (Å²) in [6, 6.07) is 14.9. The number of amides is 3. The van der Waals surface area contributed by atoms with E-state index in [2.05, 4.69) is 6.92 Å². The fraction of sp³-hybridized carbons (Fsp3) is 0.486. The van der Waals surface area contributed by atoms with Crippen LogP contribution in [0.2, 0.25) is 0 Å². The van der Waals surface area contributed by atoms with Crippen LogP contribution in [-0.2, 0) is 19.1 Å². The number of benzene rings is 2. The number of unbranched alkanes of at least 4 members (excludes halogenated alkanes) is 2. The van der Waals surface area contributed by atoms with Crippen molar-refractivity contribution in [2.45, 2.75) is 69.7 Å². The molecule has 0 radical (unpaired) electrons. The monoisotopic (exact) mass is 627 g/mol. The summed E-state index contributed by atoms with van der Waals surface area (Å²) >= 11 is 0. The van der Waals surface area contributed by atoms with Crippen molar-refractivity contribution in [2.24, 2.45) is 11.8 Å². The molecule has 1 unspecified atom stereocenters. The molecule has 9 heteroatoms. The number of carbonyl (C=O) groups excluding carboxylic acids is 3. The summed E-state index contributed by atoms with van der Waals surface area (Å²) in [6.07, 6.45) is 11.0. The first-order valence-corrected chi connectivity index (χ1v) is 16.7. The number of nitrogens with zero attached hydrogens (tertiary/aromatic N) is 3. The number of rotatable bonds is 11. The van der Waals surface area contributed by atoms with E-state index in [0.717, 1.165) is 24.8 Å². The zero-order chi connectivity index (χ0) is 32.5. The van der Waals surface area contributed by atoms with Crippen molar-refractivity contribution < 1.29 is 29.0 Å². The van der Waals surface area contributed by atoms with Crippen molar-refractivity contribution in [3.8, 4) is 5.75 Å². The van der Waals surface area contributed by atoms with Gasteiger partial charge < -0.3 is 29.3 Å². The SMILES string of the molecule is CCCCCN1CC=C[C@]23O[C@@]4(CC)C=CCN(c5ccc(OCC)cc5)C(=O)[C@H]4[C@H]2C(=O)N([C@H](CO)c2ccccc2)C3C1=O. The number of fused-ring (bicyclic) bond motifs is 2. The zero-order valence-electron chi connectivity index (χ0n) is 27.0. The van der Waals surface area contributed by atoms with Crippen LogP contribution >= 0.6 is 0 Å². The Balaban J connectivity index is 1.47. The minimum absolute atomic E-state index is 0.214. The summed E-state index contributed by atoms with van der Waals surface area (Å²) in [5, 5.41) is 10.8. The highest BCUT2D eigenvalue weighted by Gasteiger charge is 2.76. The van der Waals surface area contributed by atoms with Crippen molar-refractivity contribution in [2.75, 3.05) is 37.7 Å². The van der Waals surface area contributed by atoms with Crippen LogP contribution in [0.15, 0.2) is 78.9 Å². The van der Waals surface area contributed by atoms with Gasteiger partial charge in [-0.1, -0.05) is 81.3 Å². The molecule has 6 atom stereocenters. The van der Waals surface area contributed by atoms with Crippen molar-refractivity contribution >= 4 is 23.4 Å². The smallest absolute Gasteiger partial charge is 0.249 e. The zero-order valence-corrected chi connectivity index (χ0v) is 27.0. The van der Waals surface area contributed by atoms with E-state index >= 15 is 0 Å². The summed E-state index contributed by atoms with van der Waals surface area (Å²) in [5.74, 6) is -1.93. The molecule has 1 N–H and O–H groups in total. The van der Waals surface area contributed by atoms with Gasteiger partial charge in [0.25, 0.3) is 0 Å². The van der Waals surface area contributed by atoms with Crippen LogP contribution in [0.4, 0.5) is 5.69 Å². The molecule has 4 aliphatic heterocycles. The van der Waals surface area contributed by atoms with Crippen molar-refractivity contribution in [1.82, 2.24) is 9.80 Å². The average Bonchev–Trinajstić information content (AvgIpc) is 3.37. The molecule has 2 saturated heterocycles. The third-order valence-corrected chi connectivity index (χ3v) is 10.1. The molecule has 46 heavy (non-hydrogen) atoms. The van der Waals surface area contributed by atoms with Gasteiger partial charge in [0.2, 0.25) is 17.7 Å². The van der Waals surface area contributed by atoms with Gasteiger partial charge in [0.05, 0.1) is 36.7 Å². The number of aliphatic hydroxyl groups is 1. The number of likely N-dealkylation sites (tertiary alicyclic amines) is 1. The molecule has 6 rings (SSSR count). The lowest BCUT2D eigenvalue weighted by Gasteiger charge is -2.41. The van der Waals surface area contributed by atoms with Crippen molar-refractivity contribution in [3.63, 3.8) is 0 Å². The van der Waals surface area contributed by atoms with Crippen LogP contribution < -0.4 is 9.64 Å². The molecule has 0 aromatic heterocycles. The van der Waals surface area contributed by atoms with Crippen LogP contribution in [-0.4, -0.2) is 82.7 Å². The van der Waals surface area contributed by atoms with Crippen molar-refractivity contribution in [3.05, 3.63) is 84.5 Å². The lowest BCUT2D eigenvalue weighted by molar-refractivity contribution is -0.155. The summed E-state index contributed by atoms with van der Waals surface area (Å²) in [7, 11) is 0. The molecule has 9 nitrogen and oxygen atoms in total. The summed E-state index contributed by atoms with van der Waals surface area (Å²) in [4.78, 5) is 49.5. The maximum Gasteiger partial charge on any atom is 0.249 e. The first kappa shape index (κ1) is 32.0. The molecule has 244 valence electrons. The second-order valence-electron chi connectivity index (χ2n) is 12.6. The normalized spacial score (nSPS) is 29.3. The van der Waals surface area contributed by atoms with E-state index in [1.54, 1.807) is 9.80 Å². The minimum Gasteiger partial charge on any atom is -0.494 e. The first-order valence-electron chi connectivity index (χ1n) is 16.7. The minimum atomic E-state index is -1.39. The Morgan fingerprint density at radius 2 is 1.63 bits per heavy atom. The van der Waals surface area contributed by atoms with Gasteiger partial charge in [-0.3, -0.25) is 14.4 Å². The molecule has 4 aliphatic rings. The molecular formula is C37H45N3O6. The molecule has 2 aromatic rings. The summed E-state index contributed by atoms with van der Waals surface area (Å²) < 4.78 is 12.7. The van der Waals surface area contributed by atoms with Gasteiger partial charge in [0.15, 0.2) is 0 Å². The van der Waals surface area contributed by atoms with E-state index in [-0.39, 0.29) is 24.3 Å². The van der Waals surface area contributed by atoms with E-state index in [9.17, 15) is 19.5 Å². The number of ether oxygens (including phenoxy) is 2. The first-order chi connectivity index (χ1) is 22.4. The van der Waals surface area contributed by atoms with Gasteiger partial charge in [-0.15, -0.1) is 0 Å². The number of aliphatic hydroxyl groups excluding tert-OH is 1. The number of carbonyl (C=O) groups is 3. The number of hydrogen-bond donors (Lipinski definition) is 1. The molecule has 0 aliphatic carbocycles. The maximum absolute atomic E-state index is 15.0. The molecule has 2 fully saturated rings. The molecule has 0 bridgehead atoms. The fourth-order valence-corrected chi connectivity index (χ4v) is 7.99. The predicted octanol–water partition coefficient (Wildman–Crippen LogP) is 4.67. The predicted molar refractivity (Wildman–Crippen MR) is 175 cm³/mol. The van der Waals surface area contributed by atoms with E-state index in [1.165, 1.54) is 4.90 Å². The second kappa shape index (κ2) is 13.0. The van der Waals surface area contributed by atoms with Crippen LogP contribution in [0.3, 0.4) is 0 Å². The molecular weight excluding hydrogens is 582 g/mol. The van der Waals surface area contributed by atoms with Crippen LogP contribution in [0.25, 0.3) is 0 Å². The number of anilines is 1. The lowest BCUT2D eigenvalue weighted by Crippen LogP contribution is -2.57. The highest BCUT2D eigenvalue weighted by molar-refractivity contribution is 6.04. The standard InChI is InChI=1S/C37H45N3O6/c1-4-7-11-22-38-23-13-21-37-31(34(43)40(32(37)35(38)44)29(25-41)26-14-9-8-10-15-26)30-33(42)39(24-12-20-36(30,5-2)46-37)27-16-18-28(19-17-27)45-6-3/h8-10,12-21,29-32,41H,4-7,11,22-25H2,1-3H3/t29-,30-,31+,32?,36+,37+/m1/s1. The largest absolute Gasteiger partial charge is 0.494 e. The fourth-order valence-electron chi connectivity index (χ4n) is 7.99. The van der Waals surface area contributed by atoms with E-state index in [4.69, 9.17) is 9.47 Å². The van der Waals surface area contributed by atoms with Gasteiger partial charge in [-0.05, 0) is 49.6 Å². The van der Waals surface area contributed by atoms with Crippen LogP contribution in [0.1, 0.15) is 58.1 Å². The highest BCUT2D eigenvalue weighted by Crippen LogP contribution is 2.60. The Labute approximate surface area is 271 Å². The van der Waals surface area contributed by atoms with E-state index in [0.29, 0.717) is 44.1 Å². The van der Waals surface area contributed by atoms with Gasteiger partial charge in [-0.25, -0.2) is 0 Å². The molecule has 3 amide bonds. The number of hydrogen-bond acceptors (Lipinski definition) is 6. The Kier molecular flexibility index (Phi) is 9.08. The Hall–Kier alpha value is -3.95. The quantitative estimate of drug-likeness (QED) is 0.287. The summed E-state index contributed by atoms with van der Waals surface area (Å²) in [5.41, 5.74) is -1.07. The average molecular weight is 628 g/mol. The van der Waals surface area contributed by atoms with Crippen LogP contribution in [0, 0.1) is 11.8 Å². The van der Waals surface area contributed by atoms with E-state index < -0.39 is 35.1 Å². The van der Waals surface area contributed by atoms with Gasteiger partial charge >= 0.3 is 0 Å². The van der Waals surface area contributed by atoms with Gasteiger partial charge in [-0.2, -0.15) is 0 Å². The maximum atomic E-state index is 15.0. The lowest BCUT2D eigenvalue weighted by atomic mass is 9.73. The molecule has 1 spiro atoms. The van der Waals surface area contributed by atoms with Crippen molar-refractivity contribution in [1.29, 1.82) is 0 Å². The molecule has 0 saturated carbocycles. The van der Waals surface area contributed by atoms with Crippen LogP contribution in [0.5, 0.6) is 5.75 Å². The Bertz CT molecular complexity index is 1490. The molecule has 4 heterocycles. The topological polar surface area (TPSA) is 99.6 Å². The Morgan fingerprint density at radius 1 is 0.891 bits per heavy atom.